The molecule has 0 saturated heterocycles. The largest absolute Gasteiger partial charge is 0.383 e. The lowest BCUT2D eigenvalue weighted by atomic mass is 10.1. The van der Waals surface area contributed by atoms with Crippen molar-refractivity contribution in [3.63, 3.8) is 0 Å². The Kier molecular flexibility index (Phi) is 3.87. The minimum atomic E-state index is -0.617. The molecule has 1 nitrogen and oxygen atoms in total. The van der Waals surface area contributed by atoms with Crippen molar-refractivity contribution in [2.24, 2.45) is 0 Å². The molecule has 1 aromatic heterocycles. The molecule has 0 amide bonds. The molecule has 0 fully saturated rings. The summed E-state index contributed by atoms with van der Waals surface area (Å²) in [6.07, 6.45) is 0.382. The van der Waals surface area contributed by atoms with Gasteiger partial charge < -0.3 is 5.11 Å². The summed E-state index contributed by atoms with van der Waals surface area (Å²) in [7, 11) is 0. The predicted octanol–water partition coefficient (Wildman–Crippen LogP) is 4.35. The average molecular weight is 267 g/mol. The van der Waals surface area contributed by atoms with Gasteiger partial charge in [-0.15, -0.1) is 11.3 Å². The summed E-state index contributed by atoms with van der Waals surface area (Å²) < 4.78 is 0. The van der Waals surface area contributed by atoms with Crippen LogP contribution in [0.25, 0.3) is 0 Å². The van der Waals surface area contributed by atoms with E-state index in [0.29, 0.717) is 5.02 Å². The van der Waals surface area contributed by atoms with Crippen molar-refractivity contribution in [3.8, 4) is 0 Å². The van der Waals surface area contributed by atoms with Crippen molar-refractivity contribution in [2.45, 2.75) is 26.4 Å². The first-order valence-corrected chi connectivity index (χ1v) is 6.84. The quantitative estimate of drug-likeness (QED) is 0.875. The van der Waals surface area contributed by atoms with Crippen LogP contribution in [-0.4, -0.2) is 5.11 Å². The molecule has 0 spiro atoms. The molecule has 1 atom stereocenters. The molecule has 2 rings (SSSR count). The Morgan fingerprint density at radius 1 is 1.29 bits per heavy atom. The molecule has 1 heterocycles. The second kappa shape index (κ2) is 5.21. The van der Waals surface area contributed by atoms with E-state index in [2.05, 4.69) is 13.0 Å². The van der Waals surface area contributed by atoms with Gasteiger partial charge in [0.05, 0.1) is 0 Å². The summed E-state index contributed by atoms with van der Waals surface area (Å²) >= 11 is 7.80. The molecule has 3 heteroatoms. The first-order chi connectivity index (χ1) is 8.11. The number of thiophene rings is 1. The van der Waals surface area contributed by atoms with Crippen LogP contribution in [0.5, 0.6) is 0 Å². The van der Waals surface area contributed by atoms with Crippen molar-refractivity contribution in [1.29, 1.82) is 0 Å². The van der Waals surface area contributed by atoms with Gasteiger partial charge in [0.25, 0.3) is 0 Å². The molecule has 0 aliphatic rings. The molecule has 1 unspecified atom stereocenters. The summed E-state index contributed by atoms with van der Waals surface area (Å²) in [6, 6.07) is 9.79. The highest BCUT2D eigenvalue weighted by Crippen LogP contribution is 2.32. The van der Waals surface area contributed by atoms with E-state index < -0.39 is 6.10 Å². The van der Waals surface area contributed by atoms with E-state index in [0.717, 1.165) is 22.4 Å². The fourth-order valence-corrected chi connectivity index (χ4v) is 3.03. The Labute approximate surface area is 111 Å². The van der Waals surface area contributed by atoms with Crippen LogP contribution in [0.1, 0.15) is 33.9 Å². The van der Waals surface area contributed by atoms with Gasteiger partial charge in [0.15, 0.2) is 0 Å². The molecule has 17 heavy (non-hydrogen) atoms. The van der Waals surface area contributed by atoms with Crippen molar-refractivity contribution >= 4 is 22.9 Å². The minimum absolute atomic E-state index is 0.617. The number of aliphatic hydroxyl groups excluding tert-OH is 1. The van der Waals surface area contributed by atoms with Crippen LogP contribution in [0, 0.1) is 6.92 Å². The van der Waals surface area contributed by atoms with E-state index in [1.54, 1.807) is 11.3 Å². The zero-order valence-electron chi connectivity index (χ0n) is 9.90. The molecule has 90 valence electrons. The minimum Gasteiger partial charge on any atom is -0.383 e. The lowest BCUT2D eigenvalue weighted by Crippen LogP contribution is -1.98. The van der Waals surface area contributed by atoms with Gasteiger partial charge in [-0.2, -0.15) is 0 Å². The summed E-state index contributed by atoms with van der Waals surface area (Å²) in [4.78, 5) is 2.23. The van der Waals surface area contributed by atoms with E-state index in [9.17, 15) is 5.11 Å². The van der Waals surface area contributed by atoms with Gasteiger partial charge >= 0.3 is 0 Å². The summed E-state index contributed by atoms with van der Waals surface area (Å²) in [5.74, 6) is 0. The zero-order chi connectivity index (χ0) is 12.4. The van der Waals surface area contributed by atoms with Crippen LogP contribution in [-0.2, 0) is 6.42 Å². The first-order valence-electron chi connectivity index (χ1n) is 5.64. The molecule has 0 bridgehead atoms. The van der Waals surface area contributed by atoms with Gasteiger partial charge in [0.1, 0.15) is 6.10 Å². The van der Waals surface area contributed by atoms with Gasteiger partial charge in [-0.3, -0.25) is 0 Å². The van der Waals surface area contributed by atoms with Gasteiger partial charge in [-0.25, -0.2) is 0 Å². The van der Waals surface area contributed by atoms with Crippen LogP contribution in [0.3, 0.4) is 0 Å². The number of halogens is 1. The maximum Gasteiger partial charge on any atom is 0.115 e. The van der Waals surface area contributed by atoms with Crippen molar-refractivity contribution in [3.05, 3.63) is 56.2 Å². The van der Waals surface area contributed by atoms with Gasteiger partial charge in [-0.05, 0) is 37.1 Å². The van der Waals surface area contributed by atoms with E-state index in [-0.39, 0.29) is 0 Å². The van der Waals surface area contributed by atoms with Crippen molar-refractivity contribution < 1.29 is 5.11 Å². The van der Waals surface area contributed by atoms with E-state index in [1.165, 1.54) is 4.88 Å². The Morgan fingerprint density at radius 2 is 2.06 bits per heavy atom. The molecule has 0 aliphatic carbocycles. The summed E-state index contributed by atoms with van der Waals surface area (Å²) in [6.45, 7) is 4.10. The highest BCUT2D eigenvalue weighted by molar-refractivity contribution is 7.12. The smallest absolute Gasteiger partial charge is 0.115 e. The summed E-state index contributed by atoms with van der Waals surface area (Å²) in [5, 5.41) is 10.9. The van der Waals surface area contributed by atoms with Crippen molar-refractivity contribution in [2.75, 3.05) is 0 Å². The number of hydrogen-bond donors (Lipinski definition) is 1. The first kappa shape index (κ1) is 12.6. The maximum absolute atomic E-state index is 10.3. The van der Waals surface area contributed by atoms with E-state index in [1.807, 2.05) is 31.2 Å². The lowest BCUT2D eigenvalue weighted by Gasteiger charge is -2.11. The molecular formula is C14H15ClOS. The Hall–Kier alpha value is -0.830. The molecule has 0 saturated carbocycles. The van der Waals surface area contributed by atoms with Crippen LogP contribution < -0.4 is 0 Å². The lowest BCUT2D eigenvalue weighted by molar-refractivity contribution is 0.224. The van der Waals surface area contributed by atoms with Gasteiger partial charge in [0.2, 0.25) is 0 Å². The second-order valence-corrected chi connectivity index (χ2v) is 5.69. The zero-order valence-corrected chi connectivity index (χ0v) is 11.5. The van der Waals surface area contributed by atoms with Crippen LogP contribution in [0.15, 0.2) is 30.3 Å². The molecule has 1 aromatic carbocycles. The van der Waals surface area contributed by atoms with Crippen molar-refractivity contribution in [1.82, 2.24) is 0 Å². The van der Waals surface area contributed by atoms with Gasteiger partial charge in [-0.1, -0.05) is 30.7 Å². The monoisotopic (exact) mass is 266 g/mol. The maximum atomic E-state index is 10.3. The normalized spacial score (nSPS) is 12.7. The average Bonchev–Trinajstić information content (AvgIpc) is 2.76. The molecular weight excluding hydrogens is 252 g/mol. The van der Waals surface area contributed by atoms with Crippen LogP contribution in [0.2, 0.25) is 5.02 Å². The number of hydrogen-bond acceptors (Lipinski definition) is 2. The highest BCUT2D eigenvalue weighted by atomic mass is 35.5. The highest BCUT2D eigenvalue weighted by Gasteiger charge is 2.15. The molecule has 0 radical (unpaired) electrons. The second-order valence-electron chi connectivity index (χ2n) is 4.09. The topological polar surface area (TPSA) is 20.2 Å². The third-order valence-electron chi connectivity index (χ3n) is 2.75. The Morgan fingerprint density at radius 3 is 2.65 bits per heavy atom. The summed E-state index contributed by atoms with van der Waals surface area (Å²) in [5.41, 5.74) is 1.88. The standard InChI is InChI=1S/C14H15ClOS/c1-3-10-5-7-13(17-10)14(16)11-6-4-9(2)8-12(11)15/h4-8,14,16H,3H2,1-2H3. The van der Waals surface area contributed by atoms with Crippen LogP contribution in [0.4, 0.5) is 0 Å². The molecule has 2 aromatic rings. The number of benzene rings is 1. The SMILES string of the molecule is CCc1ccc(C(O)c2ccc(C)cc2Cl)s1. The Balaban J connectivity index is 2.33. The number of aliphatic hydroxyl groups is 1. The number of rotatable bonds is 3. The Bertz CT molecular complexity index is 519. The van der Waals surface area contributed by atoms with E-state index in [4.69, 9.17) is 11.6 Å². The fourth-order valence-electron chi connectivity index (χ4n) is 1.74. The van der Waals surface area contributed by atoms with Gasteiger partial charge in [0, 0.05) is 20.3 Å². The fraction of sp³-hybridized carbons (Fsp3) is 0.286. The van der Waals surface area contributed by atoms with E-state index >= 15 is 0 Å². The molecule has 0 aliphatic heterocycles. The third kappa shape index (κ3) is 2.71. The third-order valence-corrected chi connectivity index (χ3v) is 4.36. The predicted molar refractivity (Wildman–Crippen MR) is 73.9 cm³/mol. The number of aryl methyl sites for hydroxylation is 2. The van der Waals surface area contributed by atoms with Crippen LogP contribution >= 0.6 is 22.9 Å². The molecule has 1 N–H and O–H groups in total.